The van der Waals surface area contributed by atoms with Crippen LogP contribution in [0.4, 0.5) is 14.9 Å². The van der Waals surface area contributed by atoms with Crippen molar-refractivity contribution in [1.82, 2.24) is 4.90 Å². The average molecular weight is 399 g/mol. The fourth-order valence-corrected chi connectivity index (χ4v) is 4.07. The number of hydrogen-bond acceptors (Lipinski definition) is 3. The Morgan fingerprint density at radius 2 is 1.92 bits per heavy atom. The molecular formula is C18H24BrFN2O2. The summed E-state index contributed by atoms with van der Waals surface area (Å²) >= 11 is 3.27. The van der Waals surface area contributed by atoms with Crippen molar-refractivity contribution in [3.8, 4) is 0 Å². The minimum Gasteiger partial charge on any atom is -0.444 e. The van der Waals surface area contributed by atoms with Crippen molar-refractivity contribution in [3.63, 3.8) is 0 Å². The van der Waals surface area contributed by atoms with Gasteiger partial charge in [0.05, 0.1) is 5.69 Å². The maximum absolute atomic E-state index is 14.0. The molecule has 2 saturated heterocycles. The van der Waals surface area contributed by atoms with Crippen LogP contribution < -0.4 is 5.32 Å². The van der Waals surface area contributed by atoms with E-state index >= 15 is 0 Å². The van der Waals surface area contributed by atoms with Gasteiger partial charge in [0.15, 0.2) is 0 Å². The van der Waals surface area contributed by atoms with E-state index in [0.29, 0.717) is 5.69 Å². The van der Waals surface area contributed by atoms with E-state index < -0.39 is 5.60 Å². The number of rotatable bonds is 2. The van der Waals surface area contributed by atoms with Gasteiger partial charge in [0.25, 0.3) is 0 Å². The Labute approximate surface area is 150 Å². The molecule has 1 N–H and O–H groups in total. The van der Waals surface area contributed by atoms with Gasteiger partial charge in [-0.2, -0.15) is 0 Å². The van der Waals surface area contributed by atoms with Crippen LogP contribution in [-0.4, -0.2) is 34.7 Å². The zero-order valence-corrected chi connectivity index (χ0v) is 15.9. The Balaban J connectivity index is 1.66. The van der Waals surface area contributed by atoms with Crippen LogP contribution in [0.3, 0.4) is 0 Å². The number of fused-ring (bicyclic) bond motifs is 2. The van der Waals surface area contributed by atoms with Gasteiger partial charge in [-0.05, 0) is 64.7 Å². The van der Waals surface area contributed by atoms with E-state index in [2.05, 4.69) is 21.2 Å². The van der Waals surface area contributed by atoms with Crippen molar-refractivity contribution in [3.05, 3.63) is 28.5 Å². The number of ether oxygens (including phenoxy) is 1. The van der Waals surface area contributed by atoms with Crippen LogP contribution in [0.5, 0.6) is 0 Å². The van der Waals surface area contributed by atoms with Gasteiger partial charge in [-0.15, -0.1) is 0 Å². The topological polar surface area (TPSA) is 41.6 Å². The highest BCUT2D eigenvalue weighted by atomic mass is 79.9. The lowest BCUT2D eigenvalue weighted by molar-refractivity contribution is 0.00682. The summed E-state index contributed by atoms with van der Waals surface area (Å²) in [7, 11) is 0. The van der Waals surface area contributed by atoms with Crippen molar-refractivity contribution in [2.45, 2.75) is 70.2 Å². The molecule has 1 amide bonds. The Morgan fingerprint density at radius 1 is 1.29 bits per heavy atom. The smallest absolute Gasteiger partial charge is 0.410 e. The lowest BCUT2D eigenvalue weighted by Gasteiger charge is -2.40. The molecule has 2 unspecified atom stereocenters. The van der Waals surface area contributed by atoms with E-state index in [1.54, 1.807) is 6.07 Å². The van der Waals surface area contributed by atoms with E-state index in [-0.39, 0.29) is 30.0 Å². The predicted octanol–water partition coefficient (Wildman–Crippen LogP) is 4.93. The van der Waals surface area contributed by atoms with Crippen LogP contribution in [0.15, 0.2) is 22.7 Å². The monoisotopic (exact) mass is 398 g/mol. The Morgan fingerprint density at radius 3 is 2.46 bits per heavy atom. The lowest BCUT2D eigenvalue weighted by Crippen LogP contribution is -2.51. The normalized spacial score (nSPS) is 26.4. The Kier molecular flexibility index (Phi) is 4.78. The number of benzene rings is 1. The quantitative estimate of drug-likeness (QED) is 0.767. The SMILES string of the molecule is CC(C)(C)OC(=O)N1C2CCC1CC(Nc1ccc(Br)cc1F)C2. The van der Waals surface area contributed by atoms with Crippen LogP contribution in [0.1, 0.15) is 46.5 Å². The summed E-state index contributed by atoms with van der Waals surface area (Å²) in [6.45, 7) is 5.66. The van der Waals surface area contributed by atoms with E-state index in [0.717, 1.165) is 30.2 Å². The summed E-state index contributed by atoms with van der Waals surface area (Å²) in [5, 5.41) is 3.31. The maximum atomic E-state index is 14.0. The van der Waals surface area contributed by atoms with Gasteiger partial charge in [-0.3, -0.25) is 0 Å². The molecule has 132 valence electrons. The van der Waals surface area contributed by atoms with Gasteiger partial charge in [-0.1, -0.05) is 15.9 Å². The van der Waals surface area contributed by atoms with Gasteiger partial charge in [0, 0.05) is 22.6 Å². The molecular weight excluding hydrogens is 375 g/mol. The molecule has 0 saturated carbocycles. The molecule has 0 spiro atoms. The Hall–Kier alpha value is -1.30. The highest BCUT2D eigenvalue weighted by Gasteiger charge is 2.44. The van der Waals surface area contributed by atoms with Crippen molar-refractivity contribution in [2.75, 3.05) is 5.32 Å². The second kappa shape index (κ2) is 6.54. The summed E-state index contributed by atoms with van der Waals surface area (Å²) in [4.78, 5) is 14.4. The number of carbonyl (C=O) groups is 1. The van der Waals surface area contributed by atoms with Crippen molar-refractivity contribution < 1.29 is 13.9 Å². The zero-order valence-electron chi connectivity index (χ0n) is 14.3. The number of nitrogens with one attached hydrogen (secondary N) is 1. The third kappa shape index (κ3) is 3.85. The fraction of sp³-hybridized carbons (Fsp3) is 0.611. The zero-order chi connectivity index (χ0) is 17.5. The van der Waals surface area contributed by atoms with E-state index in [1.165, 1.54) is 6.07 Å². The molecule has 2 aliphatic rings. The third-order valence-electron chi connectivity index (χ3n) is 4.63. The predicted molar refractivity (Wildman–Crippen MR) is 95.6 cm³/mol. The minimum absolute atomic E-state index is 0.176. The number of piperidine rings is 1. The minimum atomic E-state index is -0.480. The van der Waals surface area contributed by atoms with E-state index in [9.17, 15) is 9.18 Å². The molecule has 0 aliphatic carbocycles. The Bertz CT molecular complexity index is 618. The molecule has 4 nitrogen and oxygen atoms in total. The first-order chi connectivity index (χ1) is 11.2. The fourth-order valence-electron chi connectivity index (χ4n) is 3.73. The summed E-state index contributed by atoms with van der Waals surface area (Å²) in [5.74, 6) is -0.258. The van der Waals surface area contributed by atoms with Gasteiger partial charge in [0.2, 0.25) is 0 Å². The molecule has 0 aromatic heterocycles. The highest BCUT2D eigenvalue weighted by Crippen LogP contribution is 2.38. The van der Waals surface area contributed by atoms with E-state index in [4.69, 9.17) is 4.74 Å². The van der Waals surface area contributed by atoms with Gasteiger partial charge in [-0.25, -0.2) is 9.18 Å². The summed E-state index contributed by atoms with van der Waals surface area (Å²) in [6, 6.07) is 5.57. The second-order valence-electron chi connectivity index (χ2n) is 7.71. The van der Waals surface area contributed by atoms with Crippen molar-refractivity contribution in [1.29, 1.82) is 0 Å². The summed E-state index contributed by atoms with van der Waals surface area (Å²) in [6.07, 6.45) is 3.41. The van der Waals surface area contributed by atoms with Crippen LogP contribution in [-0.2, 0) is 4.74 Å². The first-order valence-electron chi connectivity index (χ1n) is 8.46. The standard InChI is InChI=1S/C18H24BrFN2O2/c1-18(2,3)24-17(23)22-13-5-6-14(22)10-12(9-13)21-16-7-4-11(19)8-15(16)20/h4,7-8,12-14,21H,5-6,9-10H2,1-3H3. The lowest BCUT2D eigenvalue weighted by atomic mass is 9.97. The second-order valence-corrected chi connectivity index (χ2v) is 8.63. The van der Waals surface area contributed by atoms with Crippen LogP contribution in [0.25, 0.3) is 0 Å². The number of hydrogen-bond donors (Lipinski definition) is 1. The molecule has 2 aliphatic heterocycles. The molecule has 2 fully saturated rings. The largest absolute Gasteiger partial charge is 0.444 e. The van der Waals surface area contributed by atoms with Gasteiger partial charge < -0.3 is 15.0 Å². The third-order valence-corrected chi connectivity index (χ3v) is 5.12. The highest BCUT2D eigenvalue weighted by molar-refractivity contribution is 9.10. The van der Waals surface area contributed by atoms with Gasteiger partial charge >= 0.3 is 6.09 Å². The molecule has 24 heavy (non-hydrogen) atoms. The molecule has 2 heterocycles. The molecule has 6 heteroatoms. The number of anilines is 1. The first kappa shape index (κ1) is 17.5. The van der Waals surface area contributed by atoms with Crippen molar-refractivity contribution in [2.24, 2.45) is 0 Å². The van der Waals surface area contributed by atoms with Gasteiger partial charge in [0.1, 0.15) is 11.4 Å². The van der Waals surface area contributed by atoms with Crippen LogP contribution >= 0.6 is 15.9 Å². The molecule has 0 radical (unpaired) electrons. The maximum Gasteiger partial charge on any atom is 0.410 e. The number of carbonyl (C=O) groups excluding carboxylic acids is 1. The molecule has 3 rings (SSSR count). The van der Waals surface area contributed by atoms with Crippen molar-refractivity contribution >= 4 is 27.7 Å². The molecule has 2 atom stereocenters. The first-order valence-corrected chi connectivity index (χ1v) is 9.25. The molecule has 1 aromatic rings. The number of nitrogens with zero attached hydrogens (tertiary/aromatic N) is 1. The molecule has 2 bridgehead atoms. The molecule has 1 aromatic carbocycles. The average Bonchev–Trinajstić information content (AvgIpc) is 2.72. The summed E-state index contributed by atoms with van der Waals surface area (Å²) in [5.41, 5.74) is 0.0416. The number of halogens is 2. The van der Waals surface area contributed by atoms with Crippen LogP contribution in [0.2, 0.25) is 0 Å². The van der Waals surface area contributed by atoms with E-state index in [1.807, 2.05) is 31.7 Å². The summed E-state index contributed by atoms with van der Waals surface area (Å²) < 4.78 is 20.3. The number of amides is 1. The van der Waals surface area contributed by atoms with Crippen LogP contribution in [0, 0.1) is 5.82 Å².